The highest BCUT2D eigenvalue weighted by Crippen LogP contribution is 2.32. The second kappa shape index (κ2) is 3.71. The van der Waals surface area contributed by atoms with Crippen LogP contribution in [0.4, 0.5) is 0 Å². The number of rotatable bonds is 2. The fourth-order valence-corrected chi connectivity index (χ4v) is 2.28. The van der Waals surface area contributed by atoms with E-state index in [4.69, 9.17) is 4.74 Å². The van der Waals surface area contributed by atoms with Crippen molar-refractivity contribution in [3.63, 3.8) is 0 Å². The van der Waals surface area contributed by atoms with Crippen LogP contribution in [0.25, 0.3) is 0 Å². The maximum absolute atomic E-state index is 11.0. The van der Waals surface area contributed by atoms with Gasteiger partial charge in [0.15, 0.2) is 6.23 Å². The number of ether oxygens (including phenoxy) is 1. The normalized spacial score (nSPS) is 40.6. The lowest BCUT2D eigenvalue weighted by atomic mass is 9.84. The largest absolute Gasteiger partial charge is 0.440 e. The fraction of sp³-hybridized carbons (Fsp3) is 0.700. The summed E-state index contributed by atoms with van der Waals surface area (Å²) in [5.41, 5.74) is 0. The van der Waals surface area contributed by atoms with Gasteiger partial charge in [0.1, 0.15) is 6.10 Å². The monoisotopic (exact) mass is 197 g/mol. The molecule has 0 aromatic carbocycles. The molecule has 3 aliphatic heterocycles. The van der Waals surface area contributed by atoms with Crippen LogP contribution in [0, 0.1) is 5.92 Å². The minimum Gasteiger partial charge on any atom is -0.440 e. The van der Waals surface area contributed by atoms with Crippen LogP contribution in [0.2, 0.25) is 0 Å². The first-order valence-electron chi connectivity index (χ1n) is 4.97. The van der Waals surface area contributed by atoms with Crippen molar-refractivity contribution in [1.82, 2.24) is 4.90 Å². The summed E-state index contributed by atoms with van der Waals surface area (Å²) < 4.78 is 5.11. The van der Waals surface area contributed by atoms with Crippen LogP contribution in [0.3, 0.4) is 0 Å². The van der Waals surface area contributed by atoms with Gasteiger partial charge in [0.05, 0.1) is 0 Å². The SMILES string of the molecule is C=CC(=O)OC1C(O)C2CCN1CC2. The van der Waals surface area contributed by atoms with Gasteiger partial charge >= 0.3 is 5.97 Å². The summed E-state index contributed by atoms with van der Waals surface area (Å²) >= 11 is 0. The molecular weight excluding hydrogens is 182 g/mol. The molecule has 1 N–H and O–H groups in total. The average molecular weight is 197 g/mol. The molecule has 0 saturated carbocycles. The molecule has 0 aromatic rings. The number of piperidine rings is 3. The summed E-state index contributed by atoms with van der Waals surface area (Å²) in [4.78, 5) is 13.0. The van der Waals surface area contributed by atoms with Gasteiger partial charge in [0, 0.05) is 19.2 Å². The van der Waals surface area contributed by atoms with Crippen LogP contribution in [0.5, 0.6) is 0 Å². The minimum absolute atomic E-state index is 0.294. The minimum atomic E-state index is -0.526. The van der Waals surface area contributed by atoms with Crippen molar-refractivity contribution in [2.24, 2.45) is 5.92 Å². The van der Waals surface area contributed by atoms with Gasteiger partial charge in [-0.15, -0.1) is 0 Å². The molecular formula is C10H15NO3. The zero-order valence-electron chi connectivity index (χ0n) is 8.06. The number of fused-ring (bicyclic) bond motifs is 3. The quantitative estimate of drug-likeness (QED) is 0.505. The second-order valence-corrected chi connectivity index (χ2v) is 3.90. The van der Waals surface area contributed by atoms with Gasteiger partial charge in [-0.05, 0) is 18.8 Å². The molecule has 14 heavy (non-hydrogen) atoms. The van der Waals surface area contributed by atoms with Crippen molar-refractivity contribution >= 4 is 5.97 Å². The van der Waals surface area contributed by atoms with E-state index in [1.54, 1.807) is 0 Å². The molecule has 0 radical (unpaired) electrons. The lowest BCUT2D eigenvalue weighted by Crippen LogP contribution is -2.59. The van der Waals surface area contributed by atoms with Crippen molar-refractivity contribution in [2.45, 2.75) is 25.2 Å². The third kappa shape index (κ3) is 1.55. The number of carbonyl (C=O) groups is 1. The van der Waals surface area contributed by atoms with Crippen LogP contribution in [-0.2, 0) is 9.53 Å². The van der Waals surface area contributed by atoms with Gasteiger partial charge in [-0.1, -0.05) is 6.58 Å². The highest BCUT2D eigenvalue weighted by atomic mass is 16.6. The number of hydrogen-bond donors (Lipinski definition) is 1. The Morgan fingerprint density at radius 2 is 2.14 bits per heavy atom. The van der Waals surface area contributed by atoms with Crippen LogP contribution in [0.1, 0.15) is 12.8 Å². The Hall–Kier alpha value is -0.870. The van der Waals surface area contributed by atoms with Gasteiger partial charge in [-0.25, -0.2) is 4.79 Å². The van der Waals surface area contributed by atoms with Crippen molar-refractivity contribution in [3.8, 4) is 0 Å². The van der Waals surface area contributed by atoms with E-state index in [0.717, 1.165) is 32.0 Å². The van der Waals surface area contributed by atoms with Gasteiger partial charge in [-0.3, -0.25) is 4.90 Å². The summed E-state index contributed by atoms with van der Waals surface area (Å²) in [7, 11) is 0. The zero-order chi connectivity index (χ0) is 10.1. The second-order valence-electron chi connectivity index (χ2n) is 3.90. The maximum atomic E-state index is 11.0. The van der Waals surface area contributed by atoms with E-state index in [2.05, 4.69) is 6.58 Å². The van der Waals surface area contributed by atoms with Gasteiger partial charge in [0.25, 0.3) is 0 Å². The highest BCUT2D eigenvalue weighted by Gasteiger charge is 2.43. The molecule has 0 aliphatic carbocycles. The van der Waals surface area contributed by atoms with E-state index >= 15 is 0 Å². The zero-order valence-corrected chi connectivity index (χ0v) is 8.06. The van der Waals surface area contributed by atoms with Crippen LogP contribution >= 0.6 is 0 Å². The highest BCUT2D eigenvalue weighted by molar-refractivity contribution is 5.81. The number of aliphatic hydroxyl groups is 1. The standard InChI is InChI=1S/C10H15NO3/c1-2-8(12)14-10-9(13)7-3-5-11(10)6-4-7/h2,7,9-10,13H,1,3-6H2. The van der Waals surface area contributed by atoms with Crippen molar-refractivity contribution in [2.75, 3.05) is 13.1 Å². The van der Waals surface area contributed by atoms with Crippen LogP contribution in [-0.4, -0.2) is 41.4 Å². The van der Waals surface area contributed by atoms with Crippen LogP contribution < -0.4 is 0 Å². The van der Waals surface area contributed by atoms with E-state index in [-0.39, 0.29) is 0 Å². The summed E-state index contributed by atoms with van der Waals surface area (Å²) in [6, 6.07) is 0. The lowest BCUT2D eigenvalue weighted by molar-refractivity contribution is -0.195. The number of hydrogen-bond acceptors (Lipinski definition) is 4. The molecule has 0 aromatic heterocycles. The first-order chi connectivity index (χ1) is 6.72. The first-order valence-corrected chi connectivity index (χ1v) is 4.97. The number of esters is 1. The predicted octanol–water partition coefficient (Wildman–Crippen LogP) is 0.128. The Labute approximate surface area is 83.2 Å². The first kappa shape index (κ1) is 9.68. The van der Waals surface area contributed by atoms with E-state index in [1.165, 1.54) is 0 Å². The summed E-state index contributed by atoms with van der Waals surface area (Å²) in [6.45, 7) is 5.17. The van der Waals surface area contributed by atoms with Crippen molar-refractivity contribution in [3.05, 3.63) is 12.7 Å². The van der Waals surface area contributed by atoms with Gasteiger partial charge < -0.3 is 9.84 Å². The Morgan fingerprint density at radius 3 is 2.64 bits per heavy atom. The predicted molar refractivity (Wildman–Crippen MR) is 50.4 cm³/mol. The molecule has 3 heterocycles. The van der Waals surface area contributed by atoms with E-state index in [0.29, 0.717) is 5.92 Å². The molecule has 3 aliphatic rings. The summed E-state index contributed by atoms with van der Waals surface area (Å²) in [6.07, 6.45) is 2.16. The molecule has 4 heteroatoms. The molecule has 0 amide bonds. The third-order valence-corrected chi connectivity index (χ3v) is 3.11. The molecule has 3 rings (SSSR count). The number of nitrogens with zero attached hydrogens (tertiary/aromatic N) is 1. The molecule has 2 atom stereocenters. The van der Waals surface area contributed by atoms with E-state index < -0.39 is 18.3 Å². The molecule has 2 bridgehead atoms. The fourth-order valence-electron chi connectivity index (χ4n) is 2.28. The Morgan fingerprint density at radius 1 is 1.50 bits per heavy atom. The number of carbonyl (C=O) groups excluding carboxylic acids is 1. The molecule has 78 valence electrons. The maximum Gasteiger partial charge on any atom is 0.331 e. The molecule has 2 unspecified atom stereocenters. The third-order valence-electron chi connectivity index (χ3n) is 3.11. The van der Waals surface area contributed by atoms with E-state index in [9.17, 15) is 9.90 Å². The Bertz CT molecular complexity index is 244. The summed E-state index contributed by atoms with van der Waals surface area (Å²) in [5.74, 6) is -0.163. The molecule has 3 fully saturated rings. The smallest absolute Gasteiger partial charge is 0.331 e. The molecule has 3 saturated heterocycles. The Balaban J connectivity index is 2.03. The van der Waals surface area contributed by atoms with Crippen molar-refractivity contribution in [1.29, 1.82) is 0 Å². The van der Waals surface area contributed by atoms with E-state index in [1.807, 2.05) is 4.90 Å². The topological polar surface area (TPSA) is 49.8 Å². The van der Waals surface area contributed by atoms with Gasteiger partial charge in [-0.2, -0.15) is 0 Å². The Kier molecular flexibility index (Phi) is 2.56. The van der Waals surface area contributed by atoms with Gasteiger partial charge in [0.2, 0.25) is 0 Å². The summed E-state index contributed by atoms with van der Waals surface area (Å²) in [5, 5.41) is 9.85. The number of aliphatic hydroxyl groups excluding tert-OH is 1. The molecule has 0 spiro atoms. The molecule has 4 nitrogen and oxygen atoms in total. The average Bonchev–Trinajstić information content (AvgIpc) is 2.23. The van der Waals surface area contributed by atoms with Crippen molar-refractivity contribution < 1.29 is 14.6 Å². The lowest BCUT2D eigenvalue weighted by Gasteiger charge is -2.47. The van der Waals surface area contributed by atoms with Crippen LogP contribution in [0.15, 0.2) is 12.7 Å².